The standard InChI is InChI=1S/C7H6ClN3O3/c8-5-4-6(10-3-9-5)11(7(12)13)1-2-14-4/h3H,1-2H2,(H,12,13). The molecular weight excluding hydrogens is 210 g/mol. The van der Waals surface area contributed by atoms with Gasteiger partial charge in [0.25, 0.3) is 0 Å². The van der Waals surface area contributed by atoms with Gasteiger partial charge in [0.1, 0.15) is 12.9 Å². The Morgan fingerprint density at radius 1 is 1.64 bits per heavy atom. The monoisotopic (exact) mass is 215 g/mol. The van der Waals surface area contributed by atoms with Gasteiger partial charge in [0.2, 0.25) is 0 Å². The molecule has 1 aromatic heterocycles. The third-order valence-electron chi connectivity index (χ3n) is 1.79. The molecule has 0 saturated carbocycles. The molecule has 6 nitrogen and oxygen atoms in total. The van der Waals surface area contributed by atoms with Gasteiger partial charge in [-0.1, -0.05) is 11.6 Å². The van der Waals surface area contributed by atoms with Crippen LogP contribution in [0.1, 0.15) is 0 Å². The fraction of sp³-hybridized carbons (Fsp3) is 0.286. The van der Waals surface area contributed by atoms with Gasteiger partial charge < -0.3 is 9.84 Å². The summed E-state index contributed by atoms with van der Waals surface area (Å²) in [5.41, 5.74) is 0. The maximum Gasteiger partial charge on any atom is 0.413 e. The fourth-order valence-electron chi connectivity index (χ4n) is 1.19. The van der Waals surface area contributed by atoms with Gasteiger partial charge in [0, 0.05) is 0 Å². The first-order valence-corrected chi connectivity index (χ1v) is 4.21. The van der Waals surface area contributed by atoms with E-state index in [0.29, 0.717) is 0 Å². The van der Waals surface area contributed by atoms with Crippen LogP contribution in [-0.4, -0.2) is 34.3 Å². The highest BCUT2D eigenvalue weighted by Crippen LogP contribution is 2.34. The van der Waals surface area contributed by atoms with Crippen molar-refractivity contribution < 1.29 is 14.6 Å². The van der Waals surface area contributed by atoms with Gasteiger partial charge in [0.15, 0.2) is 16.7 Å². The van der Waals surface area contributed by atoms with Crippen LogP contribution in [0, 0.1) is 0 Å². The van der Waals surface area contributed by atoms with Gasteiger partial charge in [0.05, 0.1) is 6.54 Å². The summed E-state index contributed by atoms with van der Waals surface area (Å²) in [5, 5.41) is 8.97. The van der Waals surface area contributed by atoms with Crippen LogP contribution in [0.15, 0.2) is 6.33 Å². The Labute approximate surface area is 84.1 Å². The molecule has 2 heterocycles. The summed E-state index contributed by atoms with van der Waals surface area (Å²) >= 11 is 5.72. The number of halogens is 1. The average molecular weight is 216 g/mol. The van der Waals surface area contributed by atoms with Crippen LogP contribution >= 0.6 is 11.6 Å². The number of anilines is 1. The van der Waals surface area contributed by atoms with Crippen LogP contribution in [0.5, 0.6) is 5.75 Å². The summed E-state index contributed by atoms with van der Waals surface area (Å²) in [6.07, 6.45) is 0.121. The van der Waals surface area contributed by atoms with Gasteiger partial charge in [-0.25, -0.2) is 14.8 Å². The smallest absolute Gasteiger partial charge is 0.413 e. The Balaban J connectivity index is 2.49. The third-order valence-corrected chi connectivity index (χ3v) is 2.06. The van der Waals surface area contributed by atoms with Crippen molar-refractivity contribution in [2.45, 2.75) is 0 Å². The Morgan fingerprint density at radius 3 is 3.14 bits per heavy atom. The summed E-state index contributed by atoms with van der Waals surface area (Å²) in [6, 6.07) is 0. The molecule has 0 saturated heterocycles. The molecule has 1 aromatic rings. The normalized spacial score (nSPS) is 14.5. The number of carboxylic acid groups (broad SMARTS) is 1. The van der Waals surface area contributed by atoms with E-state index >= 15 is 0 Å². The van der Waals surface area contributed by atoms with E-state index in [-0.39, 0.29) is 29.9 Å². The van der Waals surface area contributed by atoms with Crippen LogP contribution in [0.2, 0.25) is 5.15 Å². The first-order valence-electron chi connectivity index (χ1n) is 3.84. The topological polar surface area (TPSA) is 75.5 Å². The number of ether oxygens (including phenoxy) is 1. The van der Waals surface area contributed by atoms with E-state index in [2.05, 4.69) is 9.97 Å². The number of hydrogen-bond acceptors (Lipinski definition) is 4. The molecular formula is C7H6ClN3O3. The second-order valence-corrected chi connectivity index (χ2v) is 2.96. The second kappa shape index (κ2) is 3.30. The van der Waals surface area contributed by atoms with E-state index in [1.807, 2.05) is 0 Å². The minimum Gasteiger partial charge on any atom is -0.485 e. The van der Waals surface area contributed by atoms with E-state index in [4.69, 9.17) is 21.4 Å². The van der Waals surface area contributed by atoms with Gasteiger partial charge in [-0.15, -0.1) is 0 Å². The number of fused-ring (bicyclic) bond motifs is 1. The number of carbonyl (C=O) groups is 1. The lowest BCUT2D eigenvalue weighted by atomic mass is 10.4. The molecule has 2 rings (SSSR count). The molecule has 0 aromatic carbocycles. The maximum absolute atomic E-state index is 10.8. The van der Waals surface area contributed by atoms with E-state index < -0.39 is 6.09 Å². The SMILES string of the molecule is O=C(O)N1CCOc2c(Cl)ncnc21. The van der Waals surface area contributed by atoms with Gasteiger partial charge >= 0.3 is 6.09 Å². The average Bonchev–Trinajstić information content (AvgIpc) is 2.17. The molecule has 1 aliphatic rings. The summed E-state index contributed by atoms with van der Waals surface area (Å²) < 4.78 is 5.17. The van der Waals surface area contributed by atoms with Crippen LogP contribution in [-0.2, 0) is 0 Å². The molecule has 0 atom stereocenters. The molecule has 0 spiro atoms. The first-order chi connectivity index (χ1) is 6.70. The molecule has 0 bridgehead atoms. The lowest BCUT2D eigenvalue weighted by Gasteiger charge is -2.25. The molecule has 0 unspecified atom stereocenters. The van der Waals surface area contributed by atoms with Crippen molar-refractivity contribution in [3.05, 3.63) is 11.5 Å². The second-order valence-electron chi connectivity index (χ2n) is 2.60. The van der Waals surface area contributed by atoms with E-state index in [1.165, 1.54) is 6.33 Å². The largest absolute Gasteiger partial charge is 0.485 e. The van der Waals surface area contributed by atoms with Crippen LogP contribution < -0.4 is 9.64 Å². The number of aromatic nitrogens is 2. The molecule has 1 amide bonds. The third kappa shape index (κ3) is 1.33. The lowest BCUT2D eigenvalue weighted by Crippen LogP contribution is -2.37. The van der Waals surface area contributed by atoms with Crippen LogP contribution in [0.4, 0.5) is 10.6 Å². The Hall–Kier alpha value is -1.56. The predicted octanol–water partition coefficient (Wildman–Crippen LogP) is 1.01. The minimum absolute atomic E-state index is 0.126. The Kier molecular flexibility index (Phi) is 2.12. The van der Waals surface area contributed by atoms with Crippen molar-refractivity contribution >= 4 is 23.5 Å². The van der Waals surface area contributed by atoms with Crippen molar-refractivity contribution in [1.82, 2.24) is 9.97 Å². The molecule has 14 heavy (non-hydrogen) atoms. The molecule has 1 N–H and O–H groups in total. The quantitative estimate of drug-likeness (QED) is 0.654. The van der Waals surface area contributed by atoms with E-state index in [0.717, 1.165) is 4.90 Å². The lowest BCUT2D eigenvalue weighted by molar-refractivity contribution is 0.196. The molecule has 0 fully saturated rings. The molecule has 1 aliphatic heterocycles. The van der Waals surface area contributed by atoms with Crippen molar-refractivity contribution in [3.63, 3.8) is 0 Å². The molecule has 0 aliphatic carbocycles. The molecule has 0 radical (unpaired) electrons. The first kappa shape index (κ1) is 9.01. The highest BCUT2D eigenvalue weighted by Gasteiger charge is 2.26. The van der Waals surface area contributed by atoms with Crippen molar-refractivity contribution in [2.24, 2.45) is 0 Å². The Morgan fingerprint density at radius 2 is 2.43 bits per heavy atom. The fourth-order valence-corrected chi connectivity index (χ4v) is 1.37. The molecule has 7 heteroatoms. The van der Waals surface area contributed by atoms with Crippen molar-refractivity contribution in [2.75, 3.05) is 18.1 Å². The zero-order valence-corrected chi connectivity index (χ0v) is 7.73. The van der Waals surface area contributed by atoms with Gasteiger partial charge in [-0.05, 0) is 0 Å². The minimum atomic E-state index is -1.08. The summed E-state index contributed by atoms with van der Waals surface area (Å²) in [4.78, 5) is 19.4. The summed E-state index contributed by atoms with van der Waals surface area (Å²) in [6.45, 7) is 0.502. The van der Waals surface area contributed by atoms with E-state index in [9.17, 15) is 4.79 Å². The van der Waals surface area contributed by atoms with Gasteiger partial charge in [-0.3, -0.25) is 4.90 Å². The predicted molar refractivity (Wildman–Crippen MR) is 47.9 cm³/mol. The van der Waals surface area contributed by atoms with Crippen LogP contribution in [0.25, 0.3) is 0 Å². The van der Waals surface area contributed by atoms with Crippen molar-refractivity contribution in [1.29, 1.82) is 0 Å². The zero-order chi connectivity index (χ0) is 10.1. The highest BCUT2D eigenvalue weighted by molar-refractivity contribution is 6.31. The Bertz CT molecular complexity index is 384. The van der Waals surface area contributed by atoms with E-state index in [1.54, 1.807) is 0 Å². The molecule has 74 valence electrons. The van der Waals surface area contributed by atoms with Crippen LogP contribution in [0.3, 0.4) is 0 Å². The van der Waals surface area contributed by atoms with Gasteiger partial charge in [-0.2, -0.15) is 0 Å². The number of nitrogens with zero attached hydrogens (tertiary/aromatic N) is 3. The highest BCUT2D eigenvalue weighted by atomic mass is 35.5. The summed E-state index contributed by atoms with van der Waals surface area (Å²) in [7, 11) is 0. The number of hydrogen-bond donors (Lipinski definition) is 1. The summed E-state index contributed by atoms with van der Waals surface area (Å²) in [5.74, 6) is 0.423. The zero-order valence-electron chi connectivity index (χ0n) is 6.97. The van der Waals surface area contributed by atoms with Crippen molar-refractivity contribution in [3.8, 4) is 5.75 Å². The number of rotatable bonds is 0. The number of amides is 1. The maximum atomic E-state index is 10.8.